The van der Waals surface area contributed by atoms with Crippen LogP contribution in [0.2, 0.25) is 0 Å². The predicted octanol–water partition coefficient (Wildman–Crippen LogP) is 4.99. The van der Waals surface area contributed by atoms with E-state index in [1.54, 1.807) is 6.08 Å². The van der Waals surface area contributed by atoms with Gasteiger partial charge in [0.1, 0.15) is 11.5 Å². The molecule has 0 aliphatic carbocycles. The molecule has 0 fully saturated rings. The summed E-state index contributed by atoms with van der Waals surface area (Å²) in [6, 6.07) is 7.47. The Bertz CT molecular complexity index is 424. The zero-order valence-electron chi connectivity index (χ0n) is 11.2. The first kappa shape index (κ1) is 16.4. The second kappa shape index (κ2) is 9.42. The third kappa shape index (κ3) is 6.86. The number of anilines is 1. The van der Waals surface area contributed by atoms with Crippen LogP contribution in [0.25, 0.3) is 0 Å². The summed E-state index contributed by atoms with van der Waals surface area (Å²) in [5.74, 6) is 1.29. The normalized spacial score (nSPS) is 9.33. The smallest absolute Gasteiger partial charge is 0.129 e. The van der Waals surface area contributed by atoms with Gasteiger partial charge in [0.15, 0.2) is 0 Å². The fraction of sp³-hybridized carbons (Fsp3) is 0.200. The molecule has 0 spiro atoms. The van der Waals surface area contributed by atoms with Gasteiger partial charge in [-0.15, -0.1) is 0 Å². The van der Waals surface area contributed by atoms with Crippen molar-refractivity contribution in [1.82, 2.24) is 0 Å². The second-order valence-electron chi connectivity index (χ2n) is 3.39. The van der Waals surface area contributed by atoms with Gasteiger partial charge in [0.25, 0.3) is 0 Å². The number of nitrogens with one attached hydrogen (secondary N) is 1. The molecular weight excluding hydrogens is 242 g/mol. The molecule has 1 aromatic carbocycles. The summed E-state index contributed by atoms with van der Waals surface area (Å²) in [7, 11) is 0. The van der Waals surface area contributed by atoms with Crippen molar-refractivity contribution in [2.45, 2.75) is 20.8 Å². The lowest BCUT2D eigenvalue weighted by atomic mass is 10.3. The Morgan fingerprint density at radius 2 is 1.94 bits per heavy atom. The zero-order chi connectivity index (χ0) is 14.0. The van der Waals surface area contributed by atoms with E-state index in [0.29, 0.717) is 5.76 Å². The van der Waals surface area contributed by atoms with Crippen LogP contribution >= 0.6 is 12.8 Å². The van der Waals surface area contributed by atoms with Crippen molar-refractivity contribution >= 4 is 18.5 Å². The molecule has 2 nitrogen and oxygen atoms in total. The third-order valence-corrected chi connectivity index (χ3v) is 2.02. The minimum atomic E-state index is 0.569. The van der Waals surface area contributed by atoms with Gasteiger partial charge in [0.2, 0.25) is 0 Å². The Morgan fingerprint density at radius 1 is 1.28 bits per heavy atom. The fourth-order valence-corrected chi connectivity index (χ4v) is 1.19. The molecule has 3 heteroatoms. The Balaban J connectivity index is 0.00000137. The monoisotopic (exact) mass is 263 g/mol. The Hall–Kier alpha value is -1.61. The highest BCUT2D eigenvalue weighted by Gasteiger charge is 1.96. The molecule has 0 unspecified atom stereocenters. The van der Waals surface area contributed by atoms with E-state index < -0.39 is 0 Å². The van der Waals surface area contributed by atoms with Gasteiger partial charge in [0.05, 0.1) is 0 Å². The number of benzene rings is 1. The Morgan fingerprint density at radius 3 is 2.50 bits per heavy atom. The molecule has 0 bridgehead atoms. The highest BCUT2D eigenvalue weighted by atomic mass is 32.1. The third-order valence-electron chi connectivity index (χ3n) is 1.77. The van der Waals surface area contributed by atoms with Crippen molar-refractivity contribution in [3.63, 3.8) is 0 Å². The molecule has 18 heavy (non-hydrogen) atoms. The Kier molecular flexibility index (Phi) is 8.58. The van der Waals surface area contributed by atoms with Crippen LogP contribution < -0.4 is 9.46 Å². The van der Waals surface area contributed by atoms with Crippen LogP contribution in [0.5, 0.6) is 5.75 Å². The summed E-state index contributed by atoms with van der Waals surface area (Å²) in [4.78, 5) is 0. The van der Waals surface area contributed by atoms with Crippen LogP contribution in [-0.2, 0) is 0 Å². The highest BCUT2D eigenvalue weighted by Crippen LogP contribution is 2.19. The van der Waals surface area contributed by atoms with E-state index in [4.69, 9.17) is 4.74 Å². The molecule has 0 aliphatic rings. The second-order valence-corrected chi connectivity index (χ2v) is 3.61. The van der Waals surface area contributed by atoms with E-state index in [-0.39, 0.29) is 0 Å². The summed E-state index contributed by atoms with van der Waals surface area (Å²) < 4.78 is 8.25. The minimum Gasteiger partial charge on any atom is -0.458 e. The topological polar surface area (TPSA) is 21.3 Å². The standard InChI is InChI=1S/C13H15NOS.C2H6/c1-10(2)7-8-11(3)15-13-6-4-5-12(9-13)14-16;1-2/h4-9,14,16H,1,3H2,2H3;1-2H3/b8-7-;. The molecule has 0 aliphatic heterocycles. The number of thiol groups is 1. The van der Waals surface area contributed by atoms with Crippen molar-refractivity contribution in [2.24, 2.45) is 0 Å². The molecule has 0 aromatic heterocycles. The van der Waals surface area contributed by atoms with E-state index in [0.717, 1.165) is 17.0 Å². The van der Waals surface area contributed by atoms with Crippen molar-refractivity contribution < 1.29 is 4.74 Å². The maximum Gasteiger partial charge on any atom is 0.129 e. The van der Waals surface area contributed by atoms with Gasteiger partial charge in [-0.2, -0.15) is 0 Å². The molecule has 0 saturated carbocycles. The molecular formula is C15H21NOS. The van der Waals surface area contributed by atoms with Gasteiger partial charge in [-0.1, -0.05) is 57.5 Å². The van der Waals surface area contributed by atoms with Gasteiger partial charge in [-0.3, -0.25) is 0 Å². The summed E-state index contributed by atoms with van der Waals surface area (Å²) in [5, 5.41) is 0. The molecule has 1 N–H and O–H groups in total. The van der Waals surface area contributed by atoms with Crippen LogP contribution in [0, 0.1) is 0 Å². The molecule has 0 amide bonds. The van der Waals surface area contributed by atoms with Crippen molar-refractivity contribution in [3.05, 3.63) is 60.9 Å². The van der Waals surface area contributed by atoms with Crippen LogP contribution in [0.15, 0.2) is 60.9 Å². The SMILES string of the molecule is C=C(C)/C=C\C(=C)Oc1cccc(NS)c1.CC. The first-order chi connectivity index (χ1) is 8.61. The van der Waals surface area contributed by atoms with Gasteiger partial charge >= 0.3 is 0 Å². The molecule has 0 atom stereocenters. The zero-order valence-corrected chi connectivity index (χ0v) is 12.1. The van der Waals surface area contributed by atoms with Gasteiger partial charge in [-0.25, -0.2) is 0 Å². The number of allylic oxidation sites excluding steroid dienone is 3. The molecule has 1 rings (SSSR count). The number of hydrogen-bond donors (Lipinski definition) is 2. The lowest BCUT2D eigenvalue weighted by Gasteiger charge is -2.06. The minimum absolute atomic E-state index is 0.569. The van der Waals surface area contributed by atoms with E-state index >= 15 is 0 Å². The lowest BCUT2D eigenvalue weighted by molar-refractivity contribution is 0.447. The van der Waals surface area contributed by atoms with Gasteiger partial charge in [-0.05, 0) is 25.1 Å². The predicted molar refractivity (Wildman–Crippen MR) is 84.1 cm³/mol. The van der Waals surface area contributed by atoms with E-state index in [1.165, 1.54) is 0 Å². The van der Waals surface area contributed by atoms with Crippen LogP contribution in [0.4, 0.5) is 5.69 Å². The Labute approximate surface area is 116 Å². The summed E-state index contributed by atoms with van der Waals surface area (Å²) >= 11 is 3.96. The van der Waals surface area contributed by atoms with Crippen LogP contribution in [-0.4, -0.2) is 0 Å². The highest BCUT2D eigenvalue weighted by molar-refractivity contribution is 7.81. The average Bonchev–Trinajstić information content (AvgIpc) is 2.39. The maximum absolute atomic E-state index is 5.51. The number of rotatable bonds is 5. The first-order valence-electron chi connectivity index (χ1n) is 5.82. The summed E-state index contributed by atoms with van der Waals surface area (Å²) in [6.07, 6.45) is 3.63. The largest absolute Gasteiger partial charge is 0.458 e. The van der Waals surface area contributed by atoms with Gasteiger partial charge in [0, 0.05) is 11.8 Å². The van der Waals surface area contributed by atoms with E-state index in [9.17, 15) is 0 Å². The summed E-state index contributed by atoms with van der Waals surface area (Å²) in [6.45, 7) is 13.5. The average molecular weight is 263 g/mol. The van der Waals surface area contributed by atoms with Crippen LogP contribution in [0.1, 0.15) is 20.8 Å². The molecule has 0 heterocycles. The van der Waals surface area contributed by atoms with E-state index in [1.807, 2.05) is 51.1 Å². The molecule has 0 radical (unpaired) electrons. The quantitative estimate of drug-likeness (QED) is 0.443. The number of hydrogen-bond acceptors (Lipinski definition) is 3. The molecule has 98 valence electrons. The fourth-order valence-electron chi connectivity index (χ4n) is 1.05. The van der Waals surface area contributed by atoms with Gasteiger partial charge < -0.3 is 9.46 Å². The maximum atomic E-state index is 5.51. The molecule has 1 aromatic rings. The van der Waals surface area contributed by atoms with Crippen molar-refractivity contribution in [3.8, 4) is 5.75 Å². The van der Waals surface area contributed by atoms with Crippen molar-refractivity contribution in [2.75, 3.05) is 4.72 Å². The molecule has 0 saturated heterocycles. The lowest BCUT2D eigenvalue weighted by Crippen LogP contribution is -1.91. The number of ether oxygens (including phenoxy) is 1. The van der Waals surface area contributed by atoms with Crippen LogP contribution in [0.3, 0.4) is 0 Å². The first-order valence-corrected chi connectivity index (χ1v) is 6.27. The summed E-state index contributed by atoms with van der Waals surface area (Å²) in [5.41, 5.74) is 1.83. The van der Waals surface area contributed by atoms with Crippen molar-refractivity contribution in [1.29, 1.82) is 0 Å². The van der Waals surface area contributed by atoms with E-state index in [2.05, 4.69) is 30.7 Å².